The second-order valence-corrected chi connectivity index (χ2v) is 17.4. The number of unbranched alkanes of at least 4 members (excludes halogenated alkanes) is 20. The van der Waals surface area contributed by atoms with Crippen molar-refractivity contribution in [2.45, 2.75) is 245 Å². The van der Waals surface area contributed by atoms with Crippen LogP contribution < -0.4 is 0 Å². The van der Waals surface area contributed by atoms with E-state index in [-0.39, 0.29) is 37.5 Å². The van der Waals surface area contributed by atoms with E-state index in [2.05, 4.69) is 118 Å². The standard InChI is InChI=1S/C59H98O6/c1-4-7-10-13-16-19-22-25-27-29-31-34-37-40-43-46-49-52-58(61)64-55-56(54-63-57(60)51-48-45-42-39-36-33-24-21-18-15-12-9-6-3)65-59(62)53-50-47-44-41-38-35-32-30-28-26-23-20-17-14-11-8-5-2/h7,10,16-17,19-21,24-28,31,34,40,43,56H,4-6,8-9,11-15,18,22-23,29-30,32-33,35-39,41-42,44-55H2,1-3H3/b10-7-,19-16-,20-17-,24-21-,27-25-,28-26-,34-31-,43-40-. The summed E-state index contributed by atoms with van der Waals surface area (Å²) in [6, 6.07) is 0. The topological polar surface area (TPSA) is 78.9 Å². The third-order valence-electron chi connectivity index (χ3n) is 11.0. The Kier molecular flexibility index (Phi) is 50.0. The average molecular weight is 903 g/mol. The van der Waals surface area contributed by atoms with Crippen molar-refractivity contribution in [3.05, 3.63) is 97.2 Å². The number of carbonyl (C=O) groups is 3. The molecular formula is C59H98O6. The van der Waals surface area contributed by atoms with E-state index in [1.807, 2.05) is 0 Å². The van der Waals surface area contributed by atoms with E-state index in [9.17, 15) is 14.4 Å². The van der Waals surface area contributed by atoms with Crippen molar-refractivity contribution in [2.24, 2.45) is 0 Å². The SMILES string of the molecule is CC/C=C\C/C=C\C/C=C\C/C=C\C/C=C\CCCC(=O)OCC(COC(=O)CCCCCCC/C=C\CCCCCC)OC(=O)CCCCCCCCC/C=C\C/C=C\CCCCC. The lowest BCUT2D eigenvalue weighted by atomic mass is 10.1. The summed E-state index contributed by atoms with van der Waals surface area (Å²) in [5, 5.41) is 0. The Bertz CT molecular complexity index is 1310. The van der Waals surface area contributed by atoms with Gasteiger partial charge >= 0.3 is 17.9 Å². The van der Waals surface area contributed by atoms with Crippen LogP contribution in [-0.2, 0) is 28.6 Å². The molecule has 0 radical (unpaired) electrons. The van der Waals surface area contributed by atoms with Crippen LogP contribution in [0.15, 0.2) is 97.2 Å². The summed E-state index contributed by atoms with van der Waals surface area (Å²) < 4.78 is 16.8. The molecule has 0 rings (SSSR count). The zero-order chi connectivity index (χ0) is 47.2. The number of ether oxygens (including phenoxy) is 3. The van der Waals surface area contributed by atoms with E-state index in [4.69, 9.17) is 14.2 Å². The Balaban J connectivity index is 4.50. The molecule has 0 heterocycles. The first-order valence-corrected chi connectivity index (χ1v) is 26.7. The third-order valence-corrected chi connectivity index (χ3v) is 11.0. The number of allylic oxidation sites excluding steroid dienone is 16. The van der Waals surface area contributed by atoms with Crippen LogP contribution in [-0.4, -0.2) is 37.2 Å². The fourth-order valence-electron chi connectivity index (χ4n) is 7.03. The molecule has 0 aromatic heterocycles. The minimum Gasteiger partial charge on any atom is -0.462 e. The van der Waals surface area contributed by atoms with Gasteiger partial charge in [0, 0.05) is 19.3 Å². The predicted molar refractivity (Wildman–Crippen MR) is 279 cm³/mol. The summed E-state index contributed by atoms with van der Waals surface area (Å²) in [5.41, 5.74) is 0. The van der Waals surface area contributed by atoms with Gasteiger partial charge in [-0.3, -0.25) is 14.4 Å². The van der Waals surface area contributed by atoms with Gasteiger partial charge in [-0.25, -0.2) is 0 Å². The molecule has 0 aliphatic carbocycles. The molecule has 1 atom stereocenters. The van der Waals surface area contributed by atoms with E-state index in [1.54, 1.807) is 0 Å². The van der Waals surface area contributed by atoms with Gasteiger partial charge in [-0.2, -0.15) is 0 Å². The maximum absolute atomic E-state index is 12.8. The first-order valence-electron chi connectivity index (χ1n) is 26.7. The smallest absolute Gasteiger partial charge is 0.306 e. The van der Waals surface area contributed by atoms with Gasteiger partial charge in [0.25, 0.3) is 0 Å². The van der Waals surface area contributed by atoms with Crippen LogP contribution in [0, 0.1) is 0 Å². The predicted octanol–water partition coefficient (Wildman–Crippen LogP) is 17.8. The van der Waals surface area contributed by atoms with Gasteiger partial charge in [0.15, 0.2) is 6.10 Å². The first-order chi connectivity index (χ1) is 32.0. The Morgan fingerprint density at radius 3 is 1.05 bits per heavy atom. The molecule has 0 aliphatic rings. The Labute approximate surface area is 400 Å². The normalized spacial score (nSPS) is 12.8. The zero-order valence-electron chi connectivity index (χ0n) is 42.2. The molecule has 0 aliphatic heterocycles. The number of hydrogen-bond donors (Lipinski definition) is 0. The van der Waals surface area contributed by atoms with Crippen LogP contribution in [0.5, 0.6) is 0 Å². The summed E-state index contributed by atoms with van der Waals surface area (Å²) in [7, 11) is 0. The minimum absolute atomic E-state index is 0.104. The van der Waals surface area contributed by atoms with Crippen molar-refractivity contribution in [3.8, 4) is 0 Å². The van der Waals surface area contributed by atoms with Crippen molar-refractivity contribution in [1.82, 2.24) is 0 Å². The summed E-state index contributed by atoms with van der Waals surface area (Å²) in [6.45, 7) is 6.42. The summed E-state index contributed by atoms with van der Waals surface area (Å²) >= 11 is 0. The number of rotatable bonds is 47. The average Bonchev–Trinajstić information content (AvgIpc) is 3.30. The van der Waals surface area contributed by atoms with Gasteiger partial charge in [-0.15, -0.1) is 0 Å². The van der Waals surface area contributed by atoms with Crippen molar-refractivity contribution < 1.29 is 28.6 Å². The van der Waals surface area contributed by atoms with E-state index in [1.165, 1.54) is 89.9 Å². The molecular weight excluding hydrogens is 805 g/mol. The van der Waals surface area contributed by atoms with E-state index >= 15 is 0 Å². The summed E-state index contributed by atoms with van der Waals surface area (Å²) in [5.74, 6) is -0.982. The Hall–Kier alpha value is -3.67. The fraction of sp³-hybridized carbons (Fsp3) is 0.678. The number of hydrogen-bond acceptors (Lipinski definition) is 6. The van der Waals surface area contributed by atoms with Gasteiger partial charge in [0.1, 0.15) is 13.2 Å². The largest absolute Gasteiger partial charge is 0.462 e. The quantitative estimate of drug-likeness (QED) is 0.0262. The molecule has 370 valence electrons. The molecule has 0 spiro atoms. The zero-order valence-corrected chi connectivity index (χ0v) is 42.2. The Morgan fingerprint density at radius 2 is 0.615 bits per heavy atom. The Morgan fingerprint density at radius 1 is 0.323 bits per heavy atom. The van der Waals surface area contributed by atoms with Gasteiger partial charge in [0.2, 0.25) is 0 Å². The number of esters is 3. The second kappa shape index (κ2) is 52.9. The maximum Gasteiger partial charge on any atom is 0.306 e. The van der Waals surface area contributed by atoms with E-state index < -0.39 is 6.10 Å². The van der Waals surface area contributed by atoms with Gasteiger partial charge in [-0.05, 0) is 116 Å². The summed E-state index contributed by atoms with van der Waals surface area (Å²) in [4.78, 5) is 38.0. The highest BCUT2D eigenvalue weighted by Crippen LogP contribution is 2.13. The molecule has 6 nitrogen and oxygen atoms in total. The molecule has 0 saturated heterocycles. The van der Waals surface area contributed by atoms with Crippen LogP contribution in [0.1, 0.15) is 239 Å². The van der Waals surface area contributed by atoms with E-state index in [0.717, 1.165) is 103 Å². The van der Waals surface area contributed by atoms with Crippen molar-refractivity contribution in [2.75, 3.05) is 13.2 Å². The van der Waals surface area contributed by atoms with Crippen LogP contribution in [0.3, 0.4) is 0 Å². The first kappa shape index (κ1) is 61.3. The van der Waals surface area contributed by atoms with Crippen LogP contribution in [0.25, 0.3) is 0 Å². The van der Waals surface area contributed by atoms with Gasteiger partial charge in [0.05, 0.1) is 0 Å². The van der Waals surface area contributed by atoms with Crippen molar-refractivity contribution >= 4 is 17.9 Å². The second-order valence-electron chi connectivity index (χ2n) is 17.4. The maximum atomic E-state index is 12.8. The van der Waals surface area contributed by atoms with Crippen molar-refractivity contribution in [3.63, 3.8) is 0 Å². The van der Waals surface area contributed by atoms with Crippen molar-refractivity contribution in [1.29, 1.82) is 0 Å². The molecule has 0 bridgehead atoms. The van der Waals surface area contributed by atoms with Gasteiger partial charge in [-0.1, -0.05) is 201 Å². The highest BCUT2D eigenvalue weighted by molar-refractivity contribution is 5.71. The molecule has 0 fully saturated rings. The molecule has 6 heteroatoms. The molecule has 0 N–H and O–H groups in total. The molecule has 0 amide bonds. The lowest BCUT2D eigenvalue weighted by Gasteiger charge is -2.18. The third kappa shape index (κ3) is 51.2. The molecule has 0 aromatic carbocycles. The monoisotopic (exact) mass is 903 g/mol. The highest BCUT2D eigenvalue weighted by atomic mass is 16.6. The minimum atomic E-state index is -0.808. The van der Waals surface area contributed by atoms with Crippen LogP contribution in [0.2, 0.25) is 0 Å². The lowest BCUT2D eigenvalue weighted by Crippen LogP contribution is -2.30. The van der Waals surface area contributed by atoms with Crippen LogP contribution in [0.4, 0.5) is 0 Å². The van der Waals surface area contributed by atoms with Crippen LogP contribution >= 0.6 is 0 Å². The summed E-state index contributed by atoms with van der Waals surface area (Å²) in [6.07, 6.45) is 69.6. The molecule has 1 unspecified atom stereocenters. The molecule has 0 aromatic rings. The van der Waals surface area contributed by atoms with E-state index in [0.29, 0.717) is 19.3 Å². The highest BCUT2D eigenvalue weighted by Gasteiger charge is 2.19. The lowest BCUT2D eigenvalue weighted by molar-refractivity contribution is -0.167. The fourth-order valence-corrected chi connectivity index (χ4v) is 7.03. The molecule has 0 saturated carbocycles. The van der Waals surface area contributed by atoms with Gasteiger partial charge < -0.3 is 14.2 Å². The molecule has 65 heavy (non-hydrogen) atoms. The number of carbonyl (C=O) groups excluding carboxylic acids is 3.